The van der Waals surface area contributed by atoms with Crippen LogP contribution in [0.15, 0.2) is 0 Å². The van der Waals surface area contributed by atoms with E-state index in [1.54, 1.807) is 20.8 Å². The lowest BCUT2D eigenvalue weighted by atomic mass is 9.92. The van der Waals surface area contributed by atoms with Crippen molar-refractivity contribution in [3.63, 3.8) is 0 Å². The molecule has 29 heteroatoms. The molecular weight excluding hydrogens is 930 g/mol. The third-order valence-corrected chi connectivity index (χ3v) is 9.35. The third-order valence-electron chi connectivity index (χ3n) is 9.35. The van der Waals surface area contributed by atoms with Gasteiger partial charge in [0.1, 0.15) is 60.7 Å². The molecule has 0 spiro atoms. The maximum Gasteiger partial charge on any atom is 0.407 e. The molecule has 0 aliphatic rings. The molecule has 17 N–H and O–H groups in total. The first-order chi connectivity index (χ1) is 32.1. The van der Waals surface area contributed by atoms with Gasteiger partial charge in [0.05, 0.1) is 51.5 Å². The van der Waals surface area contributed by atoms with Gasteiger partial charge in [-0.15, -0.1) is 0 Å². The number of aliphatic hydroxyl groups is 10. The Morgan fingerprint density at radius 2 is 1.00 bits per heavy atom. The van der Waals surface area contributed by atoms with Crippen LogP contribution >= 0.6 is 0 Å². The van der Waals surface area contributed by atoms with E-state index in [2.05, 4.69) is 37.2 Å². The number of ether oxygens (including phenoxy) is 2. The standard InChI is InChI=1S/C40H69N7O22/c1-20(50)9-10-41-39(67)68-19-22(47-32(60)16-45-31(59)15-44-30(58)14-43-29(57)7-8-33(61)69-40(2,3)4)23(51)11-21(38(66)46-13-25(53)35(63)37(65)27(55)18-49)5-6-28(56)42-12-24(52)34(62)36(64)26(54)17-48/h21-22,24-27,34-37,48-49,52-55,62-65H,5-19H2,1-4H3,(H,41,67)(H,42,56)(H,43,57)(H,44,58)(H,45,59)(H,46,66)(H,47,60)/t21?,22?,24-,25-,26+,27+,34+,35+,36+,37+/m0/s1. The average Bonchev–Trinajstić information content (AvgIpc) is 3.29. The lowest BCUT2D eigenvalue weighted by Crippen LogP contribution is -2.51. The number of nitrogens with one attached hydrogen (secondary N) is 7. The summed E-state index contributed by atoms with van der Waals surface area (Å²) in [5, 5.41) is 113. The van der Waals surface area contributed by atoms with Gasteiger partial charge in [-0.25, -0.2) is 4.79 Å². The number of amides is 7. The summed E-state index contributed by atoms with van der Waals surface area (Å²) >= 11 is 0. The van der Waals surface area contributed by atoms with Crippen LogP contribution < -0.4 is 37.2 Å². The fraction of sp³-hybridized carbons (Fsp3) is 0.750. The van der Waals surface area contributed by atoms with Crippen molar-refractivity contribution in [1.82, 2.24) is 37.2 Å². The second kappa shape index (κ2) is 33.1. The number of alkyl carbamates (subject to hydrolysis) is 1. The second-order valence-electron chi connectivity index (χ2n) is 16.6. The number of esters is 1. The predicted molar refractivity (Wildman–Crippen MR) is 231 cm³/mol. The van der Waals surface area contributed by atoms with Crippen molar-refractivity contribution in [2.75, 3.05) is 59.1 Å². The fourth-order valence-corrected chi connectivity index (χ4v) is 5.41. The van der Waals surface area contributed by atoms with Crippen LogP contribution in [0.3, 0.4) is 0 Å². The van der Waals surface area contributed by atoms with Crippen molar-refractivity contribution < 1.29 is 108 Å². The average molecular weight is 1000 g/mol. The van der Waals surface area contributed by atoms with Crippen LogP contribution in [0, 0.1) is 5.92 Å². The van der Waals surface area contributed by atoms with Gasteiger partial charge < -0.3 is 97.8 Å². The third kappa shape index (κ3) is 28.6. The van der Waals surface area contributed by atoms with Crippen molar-refractivity contribution in [1.29, 1.82) is 0 Å². The van der Waals surface area contributed by atoms with E-state index in [4.69, 9.17) is 19.7 Å². The smallest absolute Gasteiger partial charge is 0.407 e. The molecule has 29 nitrogen and oxygen atoms in total. The molecule has 0 aromatic carbocycles. The Balaban J connectivity index is 5.96. The van der Waals surface area contributed by atoms with Crippen LogP contribution in [0.2, 0.25) is 0 Å². The highest BCUT2D eigenvalue weighted by molar-refractivity contribution is 5.95. The van der Waals surface area contributed by atoms with Crippen molar-refractivity contribution in [2.45, 2.75) is 127 Å². The molecule has 0 aromatic rings. The van der Waals surface area contributed by atoms with Gasteiger partial charge in [0.15, 0.2) is 5.78 Å². The molecule has 0 aromatic heterocycles. The van der Waals surface area contributed by atoms with Gasteiger partial charge in [-0.05, 0) is 34.1 Å². The van der Waals surface area contributed by atoms with E-state index in [0.717, 1.165) is 0 Å². The van der Waals surface area contributed by atoms with E-state index >= 15 is 0 Å². The molecule has 0 rings (SSSR count). The Bertz CT molecular complexity index is 1700. The van der Waals surface area contributed by atoms with Crippen molar-refractivity contribution in [3.8, 4) is 0 Å². The molecule has 10 atom stereocenters. The Morgan fingerprint density at radius 1 is 0.536 bits per heavy atom. The highest BCUT2D eigenvalue weighted by atomic mass is 16.6. The molecule has 396 valence electrons. The van der Waals surface area contributed by atoms with Gasteiger partial charge in [-0.1, -0.05) is 0 Å². The fourth-order valence-electron chi connectivity index (χ4n) is 5.41. The molecule has 0 bridgehead atoms. The number of carbonyl (C=O) groups excluding carboxylic acids is 10. The Kier molecular flexibility index (Phi) is 30.5. The Labute approximate surface area is 396 Å². The molecule has 0 aliphatic carbocycles. The summed E-state index contributed by atoms with van der Waals surface area (Å²) in [4.78, 5) is 125. The zero-order valence-electron chi connectivity index (χ0n) is 38.8. The van der Waals surface area contributed by atoms with Gasteiger partial charge in [0.25, 0.3) is 0 Å². The molecule has 0 saturated carbocycles. The second-order valence-corrected chi connectivity index (χ2v) is 16.6. The summed E-state index contributed by atoms with van der Waals surface area (Å²) in [7, 11) is 0. The quantitative estimate of drug-likeness (QED) is 0.0266. The molecule has 0 heterocycles. The van der Waals surface area contributed by atoms with E-state index in [1.165, 1.54) is 6.92 Å². The molecule has 0 radical (unpaired) electrons. The SMILES string of the molecule is CC(=O)CCNC(=O)OCC(NC(=O)CNC(=O)CNC(=O)CNC(=O)CCC(=O)OC(C)(C)C)C(=O)CC(CCC(=O)NC[C@H](O)[C@@H](O)[C@H](O)[C@H](O)CO)C(=O)NC[C@H](O)[C@@H](O)[C@H](O)[C@H](O)CO. The van der Waals surface area contributed by atoms with Crippen LogP contribution in [0.1, 0.15) is 66.2 Å². The van der Waals surface area contributed by atoms with Crippen LogP contribution in [-0.4, -0.2) is 230 Å². The van der Waals surface area contributed by atoms with E-state index in [9.17, 15) is 88.8 Å². The number of aliphatic hydroxyl groups excluding tert-OH is 10. The largest absolute Gasteiger partial charge is 0.460 e. The van der Waals surface area contributed by atoms with Crippen molar-refractivity contribution in [2.24, 2.45) is 5.92 Å². The van der Waals surface area contributed by atoms with Gasteiger partial charge in [-0.3, -0.25) is 43.2 Å². The first-order valence-electron chi connectivity index (χ1n) is 21.6. The highest BCUT2D eigenvalue weighted by Gasteiger charge is 2.34. The first kappa shape index (κ1) is 63.5. The van der Waals surface area contributed by atoms with Crippen molar-refractivity contribution in [3.05, 3.63) is 0 Å². The minimum Gasteiger partial charge on any atom is -0.460 e. The summed E-state index contributed by atoms with van der Waals surface area (Å²) in [6.45, 7) is -0.582. The normalized spacial score (nSPS) is 15.7. The summed E-state index contributed by atoms with van der Waals surface area (Å²) < 4.78 is 10.1. The van der Waals surface area contributed by atoms with E-state index in [0.29, 0.717) is 0 Å². The van der Waals surface area contributed by atoms with Crippen LogP contribution in [0.5, 0.6) is 0 Å². The number of hydrogen-bond acceptors (Lipinski definition) is 22. The number of rotatable bonds is 34. The van der Waals surface area contributed by atoms with Gasteiger partial charge in [-0.2, -0.15) is 0 Å². The number of Topliss-reactive ketones (excluding diaryl/α,β-unsaturated/α-hetero) is 2. The zero-order chi connectivity index (χ0) is 53.0. The van der Waals surface area contributed by atoms with Crippen molar-refractivity contribution >= 4 is 59.1 Å². The first-order valence-corrected chi connectivity index (χ1v) is 21.6. The molecular formula is C40H69N7O22. The topological polar surface area (TPSA) is 476 Å². The summed E-state index contributed by atoms with van der Waals surface area (Å²) in [6.07, 6.45) is -19.7. The van der Waals surface area contributed by atoms with E-state index < -0.39 is 191 Å². The molecule has 69 heavy (non-hydrogen) atoms. The maximum atomic E-state index is 13.7. The predicted octanol–water partition coefficient (Wildman–Crippen LogP) is -8.89. The number of ketones is 2. The van der Waals surface area contributed by atoms with Crippen LogP contribution in [0.4, 0.5) is 4.79 Å². The van der Waals surface area contributed by atoms with Gasteiger partial charge in [0.2, 0.25) is 35.4 Å². The molecule has 0 saturated heterocycles. The maximum absolute atomic E-state index is 13.7. The Hall–Kier alpha value is -5.50. The molecule has 0 aliphatic heterocycles. The molecule has 7 amide bonds. The van der Waals surface area contributed by atoms with Gasteiger partial charge in [0, 0.05) is 51.2 Å². The Morgan fingerprint density at radius 3 is 1.49 bits per heavy atom. The monoisotopic (exact) mass is 999 g/mol. The summed E-state index contributed by atoms with van der Waals surface area (Å²) in [6, 6.07) is -1.78. The highest BCUT2D eigenvalue weighted by Crippen LogP contribution is 2.16. The zero-order valence-corrected chi connectivity index (χ0v) is 38.8. The van der Waals surface area contributed by atoms with Gasteiger partial charge >= 0.3 is 12.1 Å². The van der Waals surface area contributed by atoms with E-state index in [1.807, 2.05) is 0 Å². The summed E-state index contributed by atoms with van der Waals surface area (Å²) in [5.74, 6) is -9.01. The summed E-state index contributed by atoms with van der Waals surface area (Å²) in [5.41, 5.74) is -0.764. The van der Waals surface area contributed by atoms with Crippen LogP contribution in [0.25, 0.3) is 0 Å². The minimum absolute atomic E-state index is 0.0930. The van der Waals surface area contributed by atoms with E-state index in [-0.39, 0.29) is 31.6 Å². The molecule has 2 unspecified atom stereocenters. The number of carbonyl (C=O) groups is 10. The minimum atomic E-state index is -2.12. The number of hydrogen-bond donors (Lipinski definition) is 17. The lowest BCUT2D eigenvalue weighted by molar-refractivity contribution is -0.155. The lowest BCUT2D eigenvalue weighted by Gasteiger charge is -2.26. The molecule has 0 fully saturated rings. The van der Waals surface area contributed by atoms with Crippen LogP contribution in [-0.2, 0) is 52.6 Å².